The Balaban J connectivity index is 2.01. The van der Waals surface area contributed by atoms with E-state index < -0.39 is 0 Å². The second kappa shape index (κ2) is 6.26. The SMILES string of the molecule is Cn1cc(CCC(CCl)c2cccc(Cl)c2)cn1. The molecule has 0 saturated heterocycles. The predicted molar refractivity (Wildman–Crippen MR) is 76.4 cm³/mol. The first kappa shape index (κ1) is 13.4. The topological polar surface area (TPSA) is 17.8 Å². The van der Waals surface area contributed by atoms with E-state index in [9.17, 15) is 0 Å². The summed E-state index contributed by atoms with van der Waals surface area (Å²) in [5.74, 6) is 0.950. The Morgan fingerprint density at radius 1 is 1.39 bits per heavy atom. The highest BCUT2D eigenvalue weighted by Crippen LogP contribution is 2.25. The van der Waals surface area contributed by atoms with Crippen LogP contribution >= 0.6 is 23.2 Å². The lowest BCUT2D eigenvalue weighted by molar-refractivity contribution is 0.684. The van der Waals surface area contributed by atoms with Crippen molar-refractivity contribution in [2.45, 2.75) is 18.8 Å². The fraction of sp³-hybridized carbons (Fsp3) is 0.357. The molecule has 0 radical (unpaired) electrons. The smallest absolute Gasteiger partial charge is 0.0521 e. The van der Waals surface area contributed by atoms with Crippen LogP contribution in [0.3, 0.4) is 0 Å². The number of hydrogen-bond acceptors (Lipinski definition) is 1. The highest BCUT2D eigenvalue weighted by molar-refractivity contribution is 6.30. The van der Waals surface area contributed by atoms with Crippen LogP contribution in [0.15, 0.2) is 36.7 Å². The van der Waals surface area contributed by atoms with Gasteiger partial charge in [0.2, 0.25) is 0 Å². The average molecular weight is 283 g/mol. The Morgan fingerprint density at radius 3 is 2.83 bits per heavy atom. The molecule has 18 heavy (non-hydrogen) atoms. The molecule has 1 aromatic heterocycles. The average Bonchev–Trinajstić information content (AvgIpc) is 2.76. The van der Waals surface area contributed by atoms with Crippen molar-refractivity contribution < 1.29 is 0 Å². The van der Waals surface area contributed by atoms with Gasteiger partial charge in [-0.3, -0.25) is 4.68 Å². The largest absolute Gasteiger partial charge is 0.276 e. The zero-order chi connectivity index (χ0) is 13.0. The highest BCUT2D eigenvalue weighted by atomic mass is 35.5. The molecule has 2 rings (SSSR count). The zero-order valence-corrected chi connectivity index (χ0v) is 11.8. The summed E-state index contributed by atoms with van der Waals surface area (Å²) in [5, 5.41) is 4.94. The lowest BCUT2D eigenvalue weighted by atomic mass is 9.95. The van der Waals surface area contributed by atoms with Crippen molar-refractivity contribution in [1.82, 2.24) is 9.78 Å². The minimum Gasteiger partial charge on any atom is -0.276 e. The van der Waals surface area contributed by atoms with Crippen molar-refractivity contribution >= 4 is 23.2 Å². The summed E-state index contributed by atoms with van der Waals surface area (Å²) in [5.41, 5.74) is 2.45. The van der Waals surface area contributed by atoms with E-state index in [0.717, 1.165) is 17.9 Å². The molecular weight excluding hydrogens is 267 g/mol. The molecule has 0 aliphatic heterocycles. The Morgan fingerprint density at radius 2 is 2.22 bits per heavy atom. The van der Waals surface area contributed by atoms with E-state index in [0.29, 0.717) is 11.8 Å². The number of hydrogen-bond donors (Lipinski definition) is 0. The van der Waals surface area contributed by atoms with Gasteiger partial charge in [-0.2, -0.15) is 5.10 Å². The first-order chi connectivity index (χ1) is 8.69. The van der Waals surface area contributed by atoms with Crippen LogP contribution in [0.2, 0.25) is 5.02 Å². The molecule has 0 bridgehead atoms. The summed E-state index contributed by atoms with van der Waals surface area (Å²) >= 11 is 12.1. The van der Waals surface area contributed by atoms with E-state index in [-0.39, 0.29) is 0 Å². The number of aromatic nitrogens is 2. The van der Waals surface area contributed by atoms with Crippen LogP contribution in [0.25, 0.3) is 0 Å². The fourth-order valence-corrected chi connectivity index (χ4v) is 2.57. The maximum atomic E-state index is 6.06. The summed E-state index contributed by atoms with van der Waals surface area (Å²) < 4.78 is 1.82. The molecule has 1 aromatic carbocycles. The van der Waals surface area contributed by atoms with Crippen molar-refractivity contribution in [1.29, 1.82) is 0 Å². The molecule has 0 spiro atoms. The number of alkyl halides is 1. The molecule has 0 aliphatic carbocycles. The monoisotopic (exact) mass is 282 g/mol. The standard InChI is InChI=1S/C14H16Cl2N2/c1-18-10-11(9-17-18)5-6-13(8-15)12-3-2-4-14(16)7-12/h2-4,7,9-10,13H,5-6,8H2,1H3. The molecule has 0 aliphatic rings. The van der Waals surface area contributed by atoms with Crippen molar-refractivity contribution in [3.63, 3.8) is 0 Å². The fourth-order valence-electron chi connectivity index (χ4n) is 2.04. The Kier molecular flexibility index (Phi) is 4.67. The number of nitrogens with zero attached hydrogens (tertiary/aromatic N) is 2. The third-order valence-corrected chi connectivity index (χ3v) is 3.65. The molecule has 1 heterocycles. The number of halogens is 2. The maximum absolute atomic E-state index is 6.06. The van der Waals surface area contributed by atoms with Crippen LogP contribution in [0.4, 0.5) is 0 Å². The number of benzene rings is 1. The molecular formula is C14H16Cl2N2. The third kappa shape index (κ3) is 3.50. The first-order valence-electron chi connectivity index (χ1n) is 5.98. The van der Waals surface area contributed by atoms with Gasteiger partial charge in [-0.1, -0.05) is 23.7 Å². The lowest BCUT2D eigenvalue weighted by Crippen LogP contribution is -2.02. The van der Waals surface area contributed by atoms with E-state index in [1.54, 1.807) is 0 Å². The maximum Gasteiger partial charge on any atom is 0.0521 e. The summed E-state index contributed by atoms with van der Waals surface area (Å²) in [6.45, 7) is 0. The summed E-state index contributed by atoms with van der Waals surface area (Å²) in [4.78, 5) is 0. The summed E-state index contributed by atoms with van der Waals surface area (Å²) in [6.07, 6.45) is 5.94. The molecule has 2 aromatic rings. The zero-order valence-electron chi connectivity index (χ0n) is 10.3. The molecule has 0 amide bonds. The van der Waals surface area contributed by atoms with E-state index in [2.05, 4.69) is 11.2 Å². The van der Waals surface area contributed by atoms with Gasteiger partial charge in [-0.05, 0) is 42.0 Å². The molecule has 4 heteroatoms. The minimum absolute atomic E-state index is 0.338. The van der Waals surface area contributed by atoms with Crippen LogP contribution in [-0.2, 0) is 13.5 Å². The van der Waals surface area contributed by atoms with Crippen LogP contribution in [-0.4, -0.2) is 15.7 Å². The van der Waals surface area contributed by atoms with Crippen LogP contribution < -0.4 is 0 Å². The second-order valence-corrected chi connectivity index (χ2v) is 5.21. The molecule has 0 N–H and O–H groups in total. The lowest BCUT2D eigenvalue weighted by Gasteiger charge is -2.14. The normalized spacial score (nSPS) is 12.6. The molecule has 2 nitrogen and oxygen atoms in total. The predicted octanol–water partition coefficient (Wildman–Crippen LogP) is 4.03. The first-order valence-corrected chi connectivity index (χ1v) is 6.89. The molecule has 96 valence electrons. The van der Waals surface area contributed by atoms with Crippen LogP contribution in [0.1, 0.15) is 23.5 Å². The molecule has 1 unspecified atom stereocenters. The number of aryl methyl sites for hydroxylation is 2. The van der Waals surface area contributed by atoms with Gasteiger partial charge in [0.1, 0.15) is 0 Å². The summed E-state index contributed by atoms with van der Waals surface area (Å²) in [7, 11) is 1.93. The third-order valence-electron chi connectivity index (χ3n) is 3.05. The number of rotatable bonds is 5. The second-order valence-electron chi connectivity index (χ2n) is 4.47. The minimum atomic E-state index is 0.338. The van der Waals surface area contributed by atoms with Crippen molar-refractivity contribution in [2.24, 2.45) is 7.05 Å². The van der Waals surface area contributed by atoms with Gasteiger partial charge in [0.05, 0.1) is 6.20 Å². The van der Waals surface area contributed by atoms with Gasteiger partial charge >= 0.3 is 0 Å². The van der Waals surface area contributed by atoms with Gasteiger partial charge in [0, 0.05) is 24.1 Å². The van der Waals surface area contributed by atoms with Gasteiger partial charge < -0.3 is 0 Å². The summed E-state index contributed by atoms with van der Waals surface area (Å²) in [6, 6.07) is 7.94. The van der Waals surface area contributed by atoms with E-state index in [1.807, 2.05) is 42.3 Å². The molecule has 0 fully saturated rings. The van der Waals surface area contributed by atoms with Crippen molar-refractivity contribution in [2.75, 3.05) is 5.88 Å². The highest BCUT2D eigenvalue weighted by Gasteiger charge is 2.11. The van der Waals surface area contributed by atoms with Crippen LogP contribution in [0.5, 0.6) is 0 Å². The molecule has 1 atom stereocenters. The van der Waals surface area contributed by atoms with Gasteiger partial charge in [-0.25, -0.2) is 0 Å². The van der Waals surface area contributed by atoms with E-state index >= 15 is 0 Å². The van der Waals surface area contributed by atoms with Gasteiger partial charge in [0.15, 0.2) is 0 Å². The molecule has 0 saturated carbocycles. The van der Waals surface area contributed by atoms with E-state index in [4.69, 9.17) is 23.2 Å². The van der Waals surface area contributed by atoms with Gasteiger partial charge in [-0.15, -0.1) is 11.6 Å². The Hall–Kier alpha value is -0.990. The Bertz CT molecular complexity index is 508. The van der Waals surface area contributed by atoms with Crippen molar-refractivity contribution in [3.05, 3.63) is 52.8 Å². The Labute approximate surface area is 118 Å². The van der Waals surface area contributed by atoms with E-state index in [1.165, 1.54) is 11.1 Å². The quantitative estimate of drug-likeness (QED) is 0.757. The van der Waals surface area contributed by atoms with Crippen LogP contribution in [0, 0.1) is 0 Å². The van der Waals surface area contributed by atoms with Gasteiger partial charge in [0.25, 0.3) is 0 Å². The van der Waals surface area contributed by atoms with Crippen molar-refractivity contribution in [3.8, 4) is 0 Å².